The van der Waals surface area contributed by atoms with Crippen LogP contribution < -0.4 is 11.3 Å². The Morgan fingerprint density at radius 1 is 1.09 bits per heavy atom. The molecule has 1 saturated heterocycles. The molecule has 0 radical (unpaired) electrons. The maximum absolute atomic E-state index is 13.7. The third-order valence-corrected chi connectivity index (χ3v) is 6.28. The molecule has 180 valence electrons. The van der Waals surface area contributed by atoms with Crippen molar-refractivity contribution in [2.45, 2.75) is 39.1 Å². The van der Waals surface area contributed by atoms with Gasteiger partial charge in [-0.05, 0) is 38.1 Å². The number of nitrogens with two attached hydrogens (primary N) is 1. The molecule has 35 heavy (non-hydrogen) atoms. The quantitative estimate of drug-likeness (QED) is 0.451. The third-order valence-electron chi connectivity index (χ3n) is 5.97. The Morgan fingerprint density at radius 2 is 1.89 bits per heavy atom. The van der Waals surface area contributed by atoms with Crippen LogP contribution in [0.2, 0.25) is 5.02 Å². The highest BCUT2D eigenvalue weighted by molar-refractivity contribution is 6.33. The summed E-state index contributed by atoms with van der Waals surface area (Å²) in [5.41, 5.74) is 9.95. The Hall–Kier alpha value is -3.17. The van der Waals surface area contributed by atoms with Crippen molar-refractivity contribution in [2.24, 2.45) is 5.73 Å². The maximum Gasteiger partial charge on any atom is 0.260 e. The van der Waals surface area contributed by atoms with Gasteiger partial charge in [-0.2, -0.15) is 0 Å². The minimum absolute atomic E-state index is 0.131. The van der Waals surface area contributed by atoms with Crippen molar-refractivity contribution in [1.82, 2.24) is 19.5 Å². The van der Waals surface area contributed by atoms with Crippen LogP contribution in [0.3, 0.4) is 0 Å². The fourth-order valence-corrected chi connectivity index (χ4v) is 4.48. The van der Waals surface area contributed by atoms with E-state index >= 15 is 0 Å². The first kappa shape index (κ1) is 23.6. The minimum atomic E-state index is -0.423. The summed E-state index contributed by atoms with van der Waals surface area (Å²) in [6.45, 7) is 4.96. The molecule has 4 heterocycles. The largest absolute Gasteiger partial charge is 0.351 e. The van der Waals surface area contributed by atoms with Gasteiger partial charge in [0.15, 0.2) is 6.29 Å². The van der Waals surface area contributed by atoms with E-state index in [9.17, 15) is 4.79 Å². The van der Waals surface area contributed by atoms with Crippen molar-refractivity contribution in [1.29, 1.82) is 0 Å². The minimum Gasteiger partial charge on any atom is -0.351 e. The second-order valence-electron chi connectivity index (χ2n) is 8.71. The summed E-state index contributed by atoms with van der Waals surface area (Å²) < 4.78 is 13.0. The van der Waals surface area contributed by atoms with Gasteiger partial charge in [0.05, 0.1) is 24.9 Å². The van der Waals surface area contributed by atoms with E-state index in [0.717, 1.165) is 22.3 Å². The summed E-state index contributed by atoms with van der Waals surface area (Å²) in [6, 6.07) is 13.1. The van der Waals surface area contributed by atoms with Crippen molar-refractivity contribution in [2.75, 3.05) is 13.2 Å². The van der Waals surface area contributed by atoms with Gasteiger partial charge in [0, 0.05) is 52.0 Å². The number of hydrogen-bond donors (Lipinski definition) is 1. The second-order valence-corrected chi connectivity index (χ2v) is 9.12. The topological polar surface area (TPSA) is 105 Å². The van der Waals surface area contributed by atoms with Crippen LogP contribution in [0.25, 0.3) is 33.4 Å². The zero-order chi connectivity index (χ0) is 24.5. The predicted octanol–water partition coefficient (Wildman–Crippen LogP) is 3.88. The van der Waals surface area contributed by atoms with E-state index in [1.54, 1.807) is 23.8 Å². The van der Waals surface area contributed by atoms with E-state index in [4.69, 9.17) is 26.8 Å². The second kappa shape index (κ2) is 9.83. The first-order chi connectivity index (χ1) is 16.9. The maximum atomic E-state index is 13.7. The number of aromatic nitrogens is 4. The lowest BCUT2D eigenvalue weighted by molar-refractivity contribution is -0.189. The van der Waals surface area contributed by atoms with Gasteiger partial charge in [-0.3, -0.25) is 14.3 Å². The average Bonchev–Trinajstić information content (AvgIpc) is 2.84. The number of halogens is 1. The smallest absolute Gasteiger partial charge is 0.260 e. The molecule has 0 atom stereocenters. The van der Waals surface area contributed by atoms with Gasteiger partial charge in [0.2, 0.25) is 0 Å². The Balaban J connectivity index is 1.55. The van der Waals surface area contributed by atoms with Crippen LogP contribution in [-0.2, 0) is 16.0 Å². The van der Waals surface area contributed by atoms with Crippen LogP contribution in [0.15, 0.2) is 53.5 Å². The van der Waals surface area contributed by atoms with Crippen LogP contribution in [0.5, 0.6) is 0 Å². The number of aryl methyl sites for hydroxylation is 3. The molecule has 0 bridgehead atoms. The summed E-state index contributed by atoms with van der Waals surface area (Å²) >= 11 is 6.71. The van der Waals surface area contributed by atoms with Gasteiger partial charge >= 0.3 is 0 Å². The van der Waals surface area contributed by atoms with Crippen molar-refractivity contribution >= 4 is 22.6 Å². The molecule has 5 rings (SSSR count). The number of benzene rings is 1. The monoisotopic (exact) mass is 491 g/mol. The van der Waals surface area contributed by atoms with Crippen molar-refractivity contribution in [3.8, 4) is 22.4 Å². The molecule has 0 saturated carbocycles. The molecule has 8 nitrogen and oxygen atoms in total. The molecule has 2 N–H and O–H groups in total. The Bertz CT molecular complexity index is 1450. The van der Waals surface area contributed by atoms with Crippen LogP contribution >= 0.6 is 11.6 Å². The van der Waals surface area contributed by atoms with Crippen LogP contribution in [0, 0.1) is 13.8 Å². The van der Waals surface area contributed by atoms with Gasteiger partial charge in [0.25, 0.3) is 5.56 Å². The molecular weight excluding hydrogens is 466 g/mol. The van der Waals surface area contributed by atoms with Gasteiger partial charge in [-0.15, -0.1) is 0 Å². The van der Waals surface area contributed by atoms with Crippen molar-refractivity contribution in [3.63, 3.8) is 0 Å². The number of fused-ring (bicyclic) bond motifs is 1. The molecule has 0 spiro atoms. The van der Waals surface area contributed by atoms with E-state index in [-0.39, 0.29) is 11.6 Å². The molecule has 0 unspecified atom stereocenters. The highest BCUT2D eigenvalue weighted by atomic mass is 35.5. The van der Waals surface area contributed by atoms with Crippen LogP contribution in [-0.4, -0.2) is 45.1 Å². The molecule has 0 amide bonds. The van der Waals surface area contributed by atoms with E-state index in [1.165, 1.54) is 0 Å². The van der Waals surface area contributed by atoms with E-state index in [1.807, 2.05) is 43.3 Å². The Labute approximate surface area is 207 Å². The Kier molecular flexibility index (Phi) is 6.62. The van der Waals surface area contributed by atoms with Crippen molar-refractivity contribution < 1.29 is 9.47 Å². The van der Waals surface area contributed by atoms with E-state index < -0.39 is 6.29 Å². The zero-order valence-electron chi connectivity index (χ0n) is 19.6. The van der Waals surface area contributed by atoms with Gasteiger partial charge in [-0.1, -0.05) is 29.8 Å². The molecule has 4 aromatic rings. The van der Waals surface area contributed by atoms with Gasteiger partial charge < -0.3 is 15.2 Å². The molecule has 3 aromatic heterocycles. The standard InChI is InChI=1S/C26H26ClN5O3/c1-15-4-3-5-23(30-15)17-6-7-20(22(27)11-17)21-10-18-12-29-16(2)31-25(18)32(26(21)33)9-8-24-34-13-19(28)14-35-24/h3-7,10-12,19,24H,8-9,13-14,28H2,1-2H3/t19-,24+. The SMILES string of the molecule is Cc1cccc(-c2ccc(-c3cc4cnc(C)nc4n(CC[C@H]4OC[C@@H](N)CO4)c3=O)c(Cl)c2)n1. The molecule has 1 aliphatic rings. The lowest BCUT2D eigenvalue weighted by atomic mass is 10.0. The van der Waals surface area contributed by atoms with Crippen LogP contribution in [0.1, 0.15) is 17.9 Å². The lowest BCUT2D eigenvalue weighted by Crippen LogP contribution is -2.41. The Morgan fingerprint density at radius 3 is 2.63 bits per heavy atom. The predicted molar refractivity (Wildman–Crippen MR) is 135 cm³/mol. The highest BCUT2D eigenvalue weighted by Gasteiger charge is 2.21. The zero-order valence-corrected chi connectivity index (χ0v) is 20.3. The van der Waals surface area contributed by atoms with E-state index in [0.29, 0.717) is 53.8 Å². The first-order valence-corrected chi connectivity index (χ1v) is 11.9. The summed E-state index contributed by atoms with van der Waals surface area (Å²) in [5.74, 6) is 0.586. The van der Waals surface area contributed by atoms with Crippen LogP contribution in [0.4, 0.5) is 0 Å². The number of ether oxygens (including phenoxy) is 2. The van der Waals surface area contributed by atoms with Gasteiger partial charge in [0.1, 0.15) is 11.5 Å². The number of rotatable bonds is 5. The fourth-order valence-electron chi connectivity index (χ4n) is 4.20. The van der Waals surface area contributed by atoms with Crippen molar-refractivity contribution in [3.05, 3.63) is 75.6 Å². The molecule has 1 aliphatic heterocycles. The number of hydrogen-bond acceptors (Lipinski definition) is 7. The summed E-state index contributed by atoms with van der Waals surface area (Å²) in [6.07, 6.45) is 1.79. The summed E-state index contributed by atoms with van der Waals surface area (Å²) in [5, 5.41) is 1.22. The lowest BCUT2D eigenvalue weighted by Gasteiger charge is -2.27. The molecular formula is C26H26ClN5O3. The van der Waals surface area contributed by atoms with E-state index in [2.05, 4.69) is 15.0 Å². The molecule has 1 fully saturated rings. The molecule has 0 aliphatic carbocycles. The average molecular weight is 492 g/mol. The summed E-state index contributed by atoms with van der Waals surface area (Å²) in [4.78, 5) is 27.1. The normalized spacial score (nSPS) is 18.2. The third kappa shape index (κ3) is 4.97. The fraction of sp³-hybridized carbons (Fsp3) is 0.308. The van der Waals surface area contributed by atoms with Gasteiger partial charge in [-0.25, -0.2) is 9.97 Å². The molecule has 1 aromatic carbocycles. The summed E-state index contributed by atoms with van der Waals surface area (Å²) in [7, 11) is 0. The highest BCUT2D eigenvalue weighted by Crippen LogP contribution is 2.31. The number of pyridine rings is 2. The number of nitrogens with zero attached hydrogens (tertiary/aromatic N) is 4. The molecule has 9 heteroatoms. The first-order valence-electron chi connectivity index (χ1n) is 11.5.